The highest BCUT2D eigenvalue weighted by molar-refractivity contribution is 7.89. The van der Waals surface area contributed by atoms with E-state index in [1.54, 1.807) is 31.5 Å². The van der Waals surface area contributed by atoms with E-state index in [-0.39, 0.29) is 4.90 Å². The van der Waals surface area contributed by atoms with Gasteiger partial charge in [0.05, 0.1) is 12.6 Å². The smallest absolute Gasteiger partial charge is 0.245 e. The molecule has 9 heteroatoms. The number of pyridine rings is 1. The standard InChI is InChI=1S/C22H20N4O4S/c1-29-17-11-9-16(10-12-17)21-24-22(30-25-21)18-7-4-14-26(18)31(27,28)19-8-2-5-15-6-3-13-23-20(15)19/h2-3,5-6,8-13,18H,4,7,14H2,1H3. The lowest BCUT2D eigenvalue weighted by atomic mass is 10.2. The number of benzene rings is 2. The van der Waals surface area contributed by atoms with Crippen LogP contribution in [0, 0.1) is 0 Å². The average Bonchev–Trinajstić information content (AvgIpc) is 3.49. The molecule has 1 aliphatic rings. The summed E-state index contributed by atoms with van der Waals surface area (Å²) in [6, 6.07) is 15.6. The van der Waals surface area contributed by atoms with Gasteiger partial charge in [0.1, 0.15) is 16.7 Å². The molecular weight excluding hydrogens is 416 g/mol. The number of sulfonamides is 1. The van der Waals surface area contributed by atoms with Crippen molar-refractivity contribution in [2.45, 2.75) is 23.8 Å². The quantitative estimate of drug-likeness (QED) is 0.469. The SMILES string of the molecule is COc1ccc(-c2noc(C3CCCN3S(=O)(=O)c3cccc4cccnc34)n2)cc1. The molecule has 1 fully saturated rings. The maximum Gasteiger partial charge on any atom is 0.245 e. The molecule has 2 aromatic heterocycles. The highest BCUT2D eigenvalue weighted by atomic mass is 32.2. The van der Waals surface area contributed by atoms with Crippen molar-refractivity contribution in [3.63, 3.8) is 0 Å². The van der Waals surface area contributed by atoms with Gasteiger partial charge in [-0.15, -0.1) is 0 Å². The molecule has 0 bridgehead atoms. The Morgan fingerprint density at radius 2 is 1.90 bits per heavy atom. The summed E-state index contributed by atoms with van der Waals surface area (Å²) in [6.45, 7) is 0.385. The molecule has 0 radical (unpaired) electrons. The number of methoxy groups -OCH3 is 1. The fourth-order valence-corrected chi connectivity index (χ4v) is 5.73. The van der Waals surface area contributed by atoms with Crippen molar-refractivity contribution >= 4 is 20.9 Å². The predicted octanol–water partition coefficient (Wildman–Crippen LogP) is 3.82. The maximum atomic E-state index is 13.6. The molecule has 1 aliphatic heterocycles. The van der Waals surface area contributed by atoms with Gasteiger partial charge in [-0.25, -0.2) is 8.42 Å². The first-order chi connectivity index (χ1) is 15.1. The number of fused-ring (bicyclic) bond motifs is 1. The van der Waals surface area contributed by atoms with Crippen molar-refractivity contribution < 1.29 is 17.7 Å². The van der Waals surface area contributed by atoms with Crippen LogP contribution in [0.25, 0.3) is 22.3 Å². The minimum absolute atomic E-state index is 0.187. The molecule has 4 aromatic rings. The van der Waals surface area contributed by atoms with Gasteiger partial charge in [-0.2, -0.15) is 9.29 Å². The van der Waals surface area contributed by atoms with Gasteiger partial charge < -0.3 is 9.26 Å². The number of aromatic nitrogens is 3. The number of rotatable bonds is 5. The van der Waals surface area contributed by atoms with Crippen molar-refractivity contribution in [2.24, 2.45) is 0 Å². The summed E-state index contributed by atoms with van der Waals surface area (Å²) in [5.74, 6) is 1.43. The summed E-state index contributed by atoms with van der Waals surface area (Å²) in [4.78, 5) is 8.99. The molecule has 158 valence electrons. The molecular formula is C22H20N4O4S. The molecule has 31 heavy (non-hydrogen) atoms. The van der Waals surface area contributed by atoms with Crippen molar-refractivity contribution in [1.82, 2.24) is 19.4 Å². The van der Waals surface area contributed by atoms with Gasteiger partial charge in [0.25, 0.3) is 0 Å². The third-order valence-electron chi connectivity index (χ3n) is 5.46. The van der Waals surface area contributed by atoms with E-state index in [0.29, 0.717) is 36.6 Å². The highest BCUT2D eigenvalue weighted by Crippen LogP contribution is 2.37. The van der Waals surface area contributed by atoms with Crippen LogP contribution in [0.5, 0.6) is 5.75 Å². The molecule has 1 atom stereocenters. The number of hydrogen-bond acceptors (Lipinski definition) is 7. The van der Waals surface area contributed by atoms with E-state index in [1.807, 2.05) is 36.4 Å². The molecule has 2 aromatic carbocycles. The molecule has 1 unspecified atom stereocenters. The third-order valence-corrected chi connectivity index (χ3v) is 7.40. The summed E-state index contributed by atoms with van der Waals surface area (Å²) in [5.41, 5.74) is 1.22. The van der Waals surface area contributed by atoms with E-state index < -0.39 is 16.1 Å². The van der Waals surface area contributed by atoms with Gasteiger partial charge in [0.2, 0.25) is 21.7 Å². The second-order valence-corrected chi connectivity index (χ2v) is 9.15. The van der Waals surface area contributed by atoms with Gasteiger partial charge in [0.15, 0.2) is 0 Å². The fraction of sp³-hybridized carbons (Fsp3) is 0.227. The van der Waals surface area contributed by atoms with E-state index in [1.165, 1.54) is 4.31 Å². The number of nitrogens with zero attached hydrogens (tertiary/aromatic N) is 4. The zero-order valence-electron chi connectivity index (χ0n) is 16.8. The van der Waals surface area contributed by atoms with Gasteiger partial charge in [0, 0.05) is 23.7 Å². The Kier molecular flexibility index (Phi) is 4.91. The zero-order chi connectivity index (χ0) is 21.4. The van der Waals surface area contributed by atoms with Crippen LogP contribution in [0.15, 0.2) is 70.2 Å². The van der Waals surface area contributed by atoms with Gasteiger partial charge in [-0.3, -0.25) is 4.98 Å². The van der Waals surface area contributed by atoms with Crippen molar-refractivity contribution in [3.8, 4) is 17.1 Å². The summed E-state index contributed by atoms with van der Waals surface area (Å²) >= 11 is 0. The van der Waals surface area contributed by atoms with E-state index in [0.717, 1.165) is 16.7 Å². The molecule has 8 nitrogen and oxygen atoms in total. The third kappa shape index (κ3) is 3.45. The fourth-order valence-electron chi connectivity index (χ4n) is 3.91. The van der Waals surface area contributed by atoms with Crippen LogP contribution in [-0.4, -0.2) is 41.5 Å². The topological polar surface area (TPSA) is 98.4 Å². The summed E-state index contributed by atoms with van der Waals surface area (Å²) in [6.07, 6.45) is 2.92. The lowest BCUT2D eigenvalue weighted by Gasteiger charge is -2.21. The van der Waals surface area contributed by atoms with Crippen LogP contribution in [0.2, 0.25) is 0 Å². The van der Waals surface area contributed by atoms with Crippen LogP contribution >= 0.6 is 0 Å². The van der Waals surface area contributed by atoms with Crippen molar-refractivity contribution in [1.29, 1.82) is 0 Å². The summed E-state index contributed by atoms with van der Waals surface area (Å²) in [7, 11) is -2.20. The van der Waals surface area contributed by atoms with Gasteiger partial charge in [-0.05, 0) is 49.2 Å². The largest absolute Gasteiger partial charge is 0.497 e. The highest BCUT2D eigenvalue weighted by Gasteiger charge is 2.40. The monoisotopic (exact) mass is 436 g/mol. The number of ether oxygens (including phenoxy) is 1. The van der Waals surface area contributed by atoms with Crippen LogP contribution in [-0.2, 0) is 10.0 Å². The number of hydrogen-bond donors (Lipinski definition) is 0. The second kappa shape index (κ2) is 7.75. The van der Waals surface area contributed by atoms with Crippen LogP contribution < -0.4 is 4.74 Å². The average molecular weight is 436 g/mol. The minimum atomic E-state index is -3.80. The van der Waals surface area contributed by atoms with Gasteiger partial charge in [-0.1, -0.05) is 23.4 Å². The summed E-state index contributed by atoms with van der Waals surface area (Å²) in [5, 5.41) is 4.84. The Labute approximate surface area is 179 Å². The molecule has 0 amide bonds. The normalized spacial score (nSPS) is 17.3. The minimum Gasteiger partial charge on any atom is -0.497 e. The Bertz CT molecular complexity index is 1330. The van der Waals surface area contributed by atoms with Crippen molar-refractivity contribution in [2.75, 3.05) is 13.7 Å². The Hall–Kier alpha value is -3.30. The summed E-state index contributed by atoms with van der Waals surface area (Å²) < 4.78 is 39.2. The predicted molar refractivity (Wildman–Crippen MR) is 114 cm³/mol. The van der Waals surface area contributed by atoms with Crippen LogP contribution in [0.1, 0.15) is 24.8 Å². The van der Waals surface area contributed by atoms with Crippen LogP contribution in [0.4, 0.5) is 0 Å². The Balaban J connectivity index is 1.49. The molecule has 0 spiro atoms. The van der Waals surface area contributed by atoms with Crippen molar-refractivity contribution in [3.05, 3.63) is 66.7 Å². The molecule has 1 saturated heterocycles. The lowest BCUT2D eigenvalue weighted by molar-refractivity contribution is 0.291. The lowest BCUT2D eigenvalue weighted by Crippen LogP contribution is -2.31. The van der Waals surface area contributed by atoms with Crippen LogP contribution in [0.3, 0.4) is 0 Å². The first kappa shape index (κ1) is 19.7. The number of para-hydroxylation sites is 1. The van der Waals surface area contributed by atoms with E-state index in [2.05, 4.69) is 15.1 Å². The molecule has 0 N–H and O–H groups in total. The first-order valence-corrected chi connectivity index (χ1v) is 11.4. The molecule has 0 aliphatic carbocycles. The Morgan fingerprint density at radius 1 is 1.10 bits per heavy atom. The van der Waals surface area contributed by atoms with E-state index in [4.69, 9.17) is 9.26 Å². The zero-order valence-corrected chi connectivity index (χ0v) is 17.6. The molecule has 5 rings (SSSR count). The maximum absolute atomic E-state index is 13.6. The Morgan fingerprint density at radius 3 is 2.71 bits per heavy atom. The van der Waals surface area contributed by atoms with E-state index in [9.17, 15) is 8.42 Å². The van der Waals surface area contributed by atoms with E-state index >= 15 is 0 Å². The van der Waals surface area contributed by atoms with Gasteiger partial charge >= 0.3 is 0 Å². The molecule has 0 saturated carbocycles. The first-order valence-electron chi connectivity index (χ1n) is 9.91. The molecule has 3 heterocycles. The second-order valence-electron chi connectivity index (χ2n) is 7.29.